The number of carbonyl (C=O) groups is 1. The minimum Gasteiger partial charge on any atom is -0.317 e. The Hall–Kier alpha value is -3.03. The number of hydrogen-bond donors (Lipinski definition) is 1. The predicted octanol–water partition coefficient (Wildman–Crippen LogP) is 3.50. The summed E-state index contributed by atoms with van der Waals surface area (Å²) in [5.41, 5.74) is 0.532. The third-order valence-electron chi connectivity index (χ3n) is 3.99. The van der Waals surface area contributed by atoms with E-state index in [1.54, 1.807) is 17.0 Å². The highest BCUT2D eigenvalue weighted by Crippen LogP contribution is 2.33. The van der Waals surface area contributed by atoms with Crippen LogP contribution in [-0.2, 0) is 0 Å². The number of nitro groups is 1. The number of urea groups is 1. The Labute approximate surface area is 137 Å². The fourth-order valence-electron chi connectivity index (χ4n) is 2.89. The van der Waals surface area contributed by atoms with Crippen LogP contribution in [0.3, 0.4) is 0 Å². The Morgan fingerprint density at radius 3 is 3.00 bits per heavy atom. The van der Waals surface area contributed by atoms with E-state index in [1.807, 2.05) is 0 Å². The van der Waals surface area contributed by atoms with Crippen LogP contribution < -0.4 is 5.32 Å². The Morgan fingerprint density at radius 2 is 2.25 bits per heavy atom. The SMILES string of the molecule is O=C(Nc1ccncc1[N+](=O)[O-])N1CCCC1c1cccc(F)c1. The summed E-state index contributed by atoms with van der Waals surface area (Å²) in [6.45, 7) is 0.506. The van der Waals surface area contributed by atoms with Gasteiger partial charge in [-0.15, -0.1) is 0 Å². The van der Waals surface area contributed by atoms with E-state index in [0.717, 1.165) is 19.0 Å². The molecule has 0 saturated carbocycles. The van der Waals surface area contributed by atoms with Crippen molar-refractivity contribution in [1.82, 2.24) is 9.88 Å². The molecule has 1 unspecified atom stereocenters. The third kappa shape index (κ3) is 3.17. The van der Waals surface area contributed by atoms with Crippen molar-refractivity contribution in [3.63, 3.8) is 0 Å². The highest BCUT2D eigenvalue weighted by molar-refractivity contribution is 5.92. The third-order valence-corrected chi connectivity index (χ3v) is 3.99. The molecule has 2 amide bonds. The number of nitrogens with one attached hydrogen (secondary N) is 1. The lowest BCUT2D eigenvalue weighted by Crippen LogP contribution is -2.34. The van der Waals surface area contributed by atoms with Gasteiger partial charge in [-0.2, -0.15) is 0 Å². The van der Waals surface area contributed by atoms with Crippen LogP contribution in [0, 0.1) is 15.9 Å². The van der Waals surface area contributed by atoms with E-state index in [-0.39, 0.29) is 23.2 Å². The van der Waals surface area contributed by atoms with Crippen molar-refractivity contribution in [1.29, 1.82) is 0 Å². The zero-order chi connectivity index (χ0) is 17.1. The first-order chi connectivity index (χ1) is 11.6. The van der Waals surface area contributed by atoms with E-state index < -0.39 is 11.0 Å². The molecule has 1 saturated heterocycles. The van der Waals surface area contributed by atoms with Crippen molar-refractivity contribution < 1.29 is 14.1 Å². The Bertz CT molecular complexity index is 783. The van der Waals surface area contributed by atoms with Gasteiger partial charge in [0.15, 0.2) is 0 Å². The average Bonchev–Trinajstić information content (AvgIpc) is 3.05. The van der Waals surface area contributed by atoms with Gasteiger partial charge in [-0.05, 0) is 36.6 Å². The maximum Gasteiger partial charge on any atom is 0.322 e. The second-order valence-electron chi connectivity index (χ2n) is 5.49. The number of pyridine rings is 1. The van der Waals surface area contributed by atoms with Gasteiger partial charge in [0.25, 0.3) is 0 Å². The molecule has 3 rings (SSSR count). The Kier molecular flexibility index (Phi) is 4.37. The summed E-state index contributed by atoms with van der Waals surface area (Å²) in [5.74, 6) is -0.357. The molecule has 0 bridgehead atoms. The van der Waals surface area contributed by atoms with Gasteiger partial charge in [-0.25, -0.2) is 9.18 Å². The number of nitrogens with zero attached hydrogens (tertiary/aromatic N) is 3. The molecule has 1 fully saturated rings. The largest absolute Gasteiger partial charge is 0.322 e. The number of hydrogen-bond acceptors (Lipinski definition) is 4. The van der Waals surface area contributed by atoms with Crippen LogP contribution in [0.25, 0.3) is 0 Å². The Balaban J connectivity index is 1.81. The summed E-state index contributed by atoms with van der Waals surface area (Å²) in [6, 6.07) is 6.82. The number of amides is 2. The summed E-state index contributed by atoms with van der Waals surface area (Å²) in [6.07, 6.45) is 3.96. The molecule has 1 aromatic heterocycles. The van der Waals surface area contributed by atoms with Gasteiger partial charge in [-0.3, -0.25) is 15.1 Å². The lowest BCUT2D eigenvalue weighted by atomic mass is 10.0. The van der Waals surface area contributed by atoms with Crippen molar-refractivity contribution in [3.05, 3.63) is 64.2 Å². The van der Waals surface area contributed by atoms with E-state index in [1.165, 1.54) is 24.4 Å². The normalized spacial score (nSPS) is 16.9. The van der Waals surface area contributed by atoms with Crippen LogP contribution in [0.4, 0.5) is 20.6 Å². The zero-order valence-electron chi connectivity index (χ0n) is 12.7. The van der Waals surface area contributed by atoms with Gasteiger partial charge in [0.1, 0.15) is 17.7 Å². The van der Waals surface area contributed by atoms with E-state index >= 15 is 0 Å². The van der Waals surface area contributed by atoms with E-state index in [2.05, 4.69) is 10.3 Å². The van der Waals surface area contributed by atoms with Crippen LogP contribution >= 0.6 is 0 Å². The molecule has 2 heterocycles. The molecular formula is C16H15FN4O3. The second kappa shape index (κ2) is 6.61. The quantitative estimate of drug-likeness (QED) is 0.689. The van der Waals surface area contributed by atoms with Gasteiger partial charge in [0.2, 0.25) is 0 Å². The minimum absolute atomic E-state index is 0.0879. The molecule has 0 spiro atoms. The van der Waals surface area contributed by atoms with E-state index in [4.69, 9.17) is 0 Å². The molecule has 1 atom stereocenters. The lowest BCUT2D eigenvalue weighted by Gasteiger charge is -2.25. The summed E-state index contributed by atoms with van der Waals surface area (Å²) < 4.78 is 13.4. The number of halogens is 1. The van der Waals surface area contributed by atoms with Gasteiger partial charge in [0, 0.05) is 12.7 Å². The van der Waals surface area contributed by atoms with Gasteiger partial charge in [-0.1, -0.05) is 12.1 Å². The molecule has 0 radical (unpaired) electrons. The number of aromatic nitrogens is 1. The first-order valence-electron chi connectivity index (χ1n) is 7.48. The van der Waals surface area contributed by atoms with Gasteiger partial charge < -0.3 is 10.2 Å². The van der Waals surface area contributed by atoms with Gasteiger partial charge >= 0.3 is 11.7 Å². The van der Waals surface area contributed by atoms with E-state index in [9.17, 15) is 19.3 Å². The summed E-state index contributed by atoms with van der Waals surface area (Å²) in [5, 5.41) is 13.6. The van der Waals surface area contributed by atoms with Crippen LogP contribution in [0.2, 0.25) is 0 Å². The zero-order valence-corrected chi connectivity index (χ0v) is 12.7. The first-order valence-corrected chi connectivity index (χ1v) is 7.48. The minimum atomic E-state index is -0.601. The average molecular weight is 330 g/mol. The summed E-state index contributed by atoms with van der Waals surface area (Å²) in [4.78, 5) is 28.2. The maximum absolute atomic E-state index is 13.4. The van der Waals surface area contributed by atoms with Crippen molar-refractivity contribution in [2.24, 2.45) is 0 Å². The number of rotatable bonds is 3. The number of likely N-dealkylation sites (tertiary alicyclic amines) is 1. The molecule has 2 aromatic rings. The molecule has 1 aliphatic rings. The number of benzene rings is 1. The molecular weight excluding hydrogens is 315 g/mol. The number of carbonyl (C=O) groups excluding carboxylic acids is 1. The summed E-state index contributed by atoms with van der Waals surface area (Å²) in [7, 11) is 0. The topological polar surface area (TPSA) is 88.4 Å². The van der Waals surface area contributed by atoms with Crippen LogP contribution in [0.5, 0.6) is 0 Å². The number of anilines is 1. The highest BCUT2D eigenvalue weighted by Gasteiger charge is 2.31. The molecule has 24 heavy (non-hydrogen) atoms. The van der Waals surface area contributed by atoms with Gasteiger partial charge in [0.05, 0.1) is 11.0 Å². The van der Waals surface area contributed by atoms with Crippen molar-refractivity contribution in [2.45, 2.75) is 18.9 Å². The molecule has 1 N–H and O–H groups in total. The van der Waals surface area contributed by atoms with E-state index in [0.29, 0.717) is 12.1 Å². The smallest absolute Gasteiger partial charge is 0.317 e. The van der Waals surface area contributed by atoms with Crippen LogP contribution in [0.15, 0.2) is 42.7 Å². The summed E-state index contributed by atoms with van der Waals surface area (Å²) >= 11 is 0. The fourth-order valence-corrected chi connectivity index (χ4v) is 2.89. The Morgan fingerprint density at radius 1 is 1.42 bits per heavy atom. The first kappa shape index (κ1) is 15.9. The molecule has 1 aliphatic heterocycles. The molecule has 7 nitrogen and oxygen atoms in total. The molecule has 124 valence electrons. The van der Waals surface area contributed by atoms with Crippen LogP contribution in [0.1, 0.15) is 24.4 Å². The van der Waals surface area contributed by atoms with Crippen LogP contribution in [-0.4, -0.2) is 27.4 Å². The molecule has 0 aliphatic carbocycles. The van der Waals surface area contributed by atoms with Crippen molar-refractivity contribution in [2.75, 3.05) is 11.9 Å². The molecule has 8 heteroatoms. The van der Waals surface area contributed by atoms with Crippen molar-refractivity contribution in [3.8, 4) is 0 Å². The van der Waals surface area contributed by atoms with Crippen molar-refractivity contribution >= 4 is 17.4 Å². The predicted molar refractivity (Wildman–Crippen MR) is 85.0 cm³/mol. The fraction of sp³-hybridized carbons (Fsp3) is 0.250. The highest BCUT2D eigenvalue weighted by atomic mass is 19.1. The molecule has 1 aromatic carbocycles. The standard InChI is InChI=1S/C16H15FN4O3/c17-12-4-1-3-11(9-12)14-5-2-8-20(14)16(22)19-13-6-7-18-10-15(13)21(23)24/h1,3-4,6-7,9-10,14H,2,5,8H2,(H,18,19,22). The lowest BCUT2D eigenvalue weighted by molar-refractivity contribution is -0.384. The monoisotopic (exact) mass is 330 g/mol. The maximum atomic E-state index is 13.4. The second-order valence-corrected chi connectivity index (χ2v) is 5.49.